The summed E-state index contributed by atoms with van der Waals surface area (Å²) in [4.78, 5) is 24.4. The summed E-state index contributed by atoms with van der Waals surface area (Å²) in [7, 11) is -2.52. The molecule has 0 aliphatic carbocycles. The number of hydrogen-bond acceptors (Lipinski definition) is 11. The maximum atomic E-state index is 12.2. The third-order valence-electron chi connectivity index (χ3n) is 5.09. The fourth-order valence-corrected chi connectivity index (χ4v) is 3.67. The summed E-state index contributed by atoms with van der Waals surface area (Å²) in [6.45, 7) is 7.69. The quantitative estimate of drug-likeness (QED) is 0.0814. The molecule has 0 spiro atoms. The van der Waals surface area contributed by atoms with E-state index in [-0.39, 0.29) is 44.4 Å². The maximum Gasteiger partial charge on any atom is 0.266 e. The predicted octanol–water partition coefficient (Wildman–Crippen LogP) is -1.23. The van der Waals surface area contributed by atoms with Gasteiger partial charge in [0.15, 0.2) is 5.78 Å². The van der Waals surface area contributed by atoms with E-state index < -0.39 is 33.5 Å². The van der Waals surface area contributed by atoms with Crippen molar-refractivity contribution in [3.05, 3.63) is 0 Å². The van der Waals surface area contributed by atoms with Crippen LogP contribution in [-0.4, -0.2) is 119 Å². The molecule has 2 atom stereocenters. The van der Waals surface area contributed by atoms with Gasteiger partial charge in [-0.1, -0.05) is 0 Å². The second kappa shape index (κ2) is 18.3. The highest BCUT2D eigenvalue weighted by atomic mass is 32.2. The largest absolute Gasteiger partial charge is 0.394 e. The van der Waals surface area contributed by atoms with Gasteiger partial charge in [-0.15, -0.1) is 0 Å². The van der Waals surface area contributed by atoms with Crippen LogP contribution in [0, 0.1) is 0 Å². The molecule has 13 heteroatoms. The minimum Gasteiger partial charge on any atom is -0.394 e. The van der Waals surface area contributed by atoms with Gasteiger partial charge in [0, 0.05) is 25.6 Å². The summed E-state index contributed by atoms with van der Waals surface area (Å²) in [6, 6.07) is -0.905. The zero-order valence-corrected chi connectivity index (χ0v) is 21.6. The monoisotopic (exact) mass is 513 g/mol. The molecule has 0 aromatic carbocycles. The molecule has 0 fully saturated rings. The van der Waals surface area contributed by atoms with Crippen molar-refractivity contribution in [3.8, 4) is 0 Å². The lowest BCUT2D eigenvalue weighted by atomic mass is 10.00. The number of carbonyl (C=O) groups is 2. The van der Waals surface area contributed by atoms with Gasteiger partial charge in [-0.05, 0) is 34.2 Å². The van der Waals surface area contributed by atoms with Crippen LogP contribution < -0.4 is 16.0 Å². The number of rotatable bonds is 23. The molecule has 0 aliphatic rings. The molecule has 0 bridgehead atoms. The lowest BCUT2D eigenvalue weighted by Gasteiger charge is -2.24. The molecule has 34 heavy (non-hydrogen) atoms. The number of nitrogens with one attached hydrogen (secondary N) is 3. The summed E-state index contributed by atoms with van der Waals surface area (Å²) < 4.78 is 46.8. The zero-order valence-electron chi connectivity index (χ0n) is 20.8. The highest BCUT2D eigenvalue weighted by molar-refractivity contribution is 7.85. The van der Waals surface area contributed by atoms with Gasteiger partial charge < -0.3 is 35.3 Å². The smallest absolute Gasteiger partial charge is 0.266 e. The van der Waals surface area contributed by atoms with Crippen molar-refractivity contribution in [1.29, 1.82) is 0 Å². The van der Waals surface area contributed by atoms with E-state index in [9.17, 15) is 18.0 Å². The van der Waals surface area contributed by atoms with Gasteiger partial charge in [0.25, 0.3) is 10.1 Å². The Hall–Kier alpha value is -1.03. The number of Topliss-reactive ketones (excluding diaryl/α,β-unsaturated/α-hetero) is 2. The molecule has 12 nitrogen and oxygen atoms in total. The van der Waals surface area contributed by atoms with E-state index in [0.29, 0.717) is 39.3 Å². The molecule has 0 aliphatic heterocycles. The molecule has 2 unspecified atom stereocenters. The van der Waals surface area contributed by atoms with Gasteiger partial charge in [0.05, 0.1) is 57.0 Å². The predicted molar refractivity (Wildman–Crippen MR) is 128 cm³/mol. The summed E-state index contributed by atoms with van der Waals surface area (Å²) in [6.07, 6.45) is 0.482. The second-order valence-electron chi connectivity index (χ2n) is 8.39. The Morgan fingerprint density at radius 2 is 1.62 bits per heavy atom. The van der Waals surface area contributed by atoms with Crippen LogP contribution in [0.3, 0.4) is 0 Å². The van der Waals surface area contributed by atoms with Crippen molar-refractivity contribution < 1.29 is 41.9 Å². The van der Waals surface area contributed by atoms with E-state index in [0.717, 1.165) is 0 Å². The molecule has 0 saturated carbocycles. The van der Waals surface area contributed by atoms with Gasteiger partial charge >= 0.3 is 0 Å². The Labute approximate surface area is 203 Å². The lowest BCUT2D eigenvalue weighted by Crippen LogP contribution is -2.49. The highest BCUT2D eigenvalue weighted by Gasteiger charge is 2.26. The number of aliphatic hydroxyl groups is 1. The molecule has 5 N–H and O–H groups in total. The van der Waals surface area contributed by atoms with Crippen LogP contribution in [0.25, 0.3) is 0 Å². The fraction of sp³-hybridized carbons (Fsp3) is 0.905. The molecule has 0 radical (unpaired) electrons. The van der Waals surface area contributed by atoms with Crippen LogP contribution in [0.4, 0.5) is 0 Å². The maximum absolute atomic E-state index is 12.2. The summed E-state index contributed by atoms with van der Waals surface area (Å²) in [5.41, 5.74) is -0.754. The van der Waals surface area contributed by atoms with E-state index in [1.807, 2.05) is 0 Å². The Morgan fingerprint density at radius 3 is 2.24 bits per heavy atom. The first-order valence-corrected chi connectivity index (χ1v) is 13.0. The van der Waals surface area contributed by atoms with Crippen LogP contribution in [0.1, 0.15) is 33.6 Å². The van der Waals surface area contributed by atoms with Crippen LogP contribution in [-0.2, 0) is 33.9 Å². The first-order valence-electron chi connectivity index (χ1n) is 11.4. The van der Waals surface area contributed by atoms with Gasteiger partial charge in [-0.25, -0.2) is 0 Å². The molecule has 0 aromatic heterocycles. The van der Waals surface area contributed by atoms with Crippen molar-refractivity contribution in [3.63, 3.8) is 0 Å². The molecular weight excluding hydrogens is 470 g/mol. The minimum absolute atomic E-state index is 0.0369. The van der Waals surface area contributed by atoms with Gasteiger partial charge in [0.1, 0.15) is 12.4 Å². The van der Waals surface area contributed by atoms with Gasteiger partial charge in [-0.3, -0.25) is 14.1 Å². The van der Waals surface area contributed by atoms with Crippen LogP contribution in [0.5, 0.6) is 0 Å². The minimum atomic E-state index is -4.10. The second-order valence-corrected chi connectivity index (χ2v) is 9.89. The summed E-state index contributed by atoms with van der Waals surface area (Å²) in [5.74, 6) is -0.594. The number of aliphatic hydroxyl groups excluding tert-OH is 1. The Kier molecular flexibility index (Phi) is 17.7. The SMILES string of the molecule is CNC(CCC(=O)C(C)NCCOCCOCC(=O)C(C)(C)NCCOCCO)CS(=O)(=O)O. The number of ether oxygens (including phenoxy) is 3. The van der Waals surface area contributed by atoms with Crippen LogP contribution in [0.2, 0.25) is 0 Å². The third-order valence-corrected chi connectivity index (χ3v) is 5.91. The molecule has 0 rings (SSSR count). The molecule has 0 heterocycles. The number of hydrogen-bond donors (Lipinski definition) is 5. The van der Waals surface area contributed by atoms with E-state index in [1.54, 1.807) is 27.8 Å². The van der Waals surface area contributed by atoms with E-state index >= 15 is 0 Å². The van der Waals surface area contributed by atoms with Gasteiger partial charge in [0.2, 0.25) is 0 Å². The van der Waals surface area contributed by atoms with Crippen molar-refractivity contribution in [2.45, 2.75) is 51.2 Å². The van der Waals surface area contributed by atoms with Crippen LogP contribution >= 0.6 is 0 Å². The van der Waals surface area contributed by atoms with Crippen molar-refractivity contribution in [2.24, 2.45) is 0 Å². The fourth-order valence-electron chi connectivity index (χ4n) is 2.83. The summed E-state index contributed by atoms with van der Waals surface area (Å²) >= 11 is 0. The van der Waals surface area contributed by atoms with Gasteiger partial charge in [-0.2, -0.15) is 8.42 Å². The van der Waals surface area contributed by atoms with E-state index in [4.69, 9.17) is 23.9 Å². The topological polar surface area (TPSA) is 173 Å². The Bertz CT molecular complexity index is 674. The lowest BCUT2D eigenvalue weighted by molar-refractivity contribution is -0.129. The average molecular weight is 514 g/mol. The highest BCUT2D eigenvalue weighted by Crippen LogP contribution is 2.05. The molecule has 0 amide bonds. The molecular formula is C21H43N3O9S. The first-order chi connectivity index (χ1) is 15.9. The van der Waals surface area contributed by atoms with E-state index in [2.05, 4.69) is 16.0 Å². The van der Waals surface area contributed by atoms with Crippen molar-refractivity contribution >= 4 is 21.7 Å². The number of ketones is 2. The molecule has 202 valence electrons. The normalized spacial score (nSPS) is 14.2. The standard InChI is InChI=1S/C21H43N3O9S/c1-17(19(26)6-5-18(22-4)16-34(28,29)30)23-7-10-32-13-14-33-15-20(27)21(2,3)24-8-11-31-12-9-25/h17-18,22-25H,5-16H2,1-4H3,(H,28,29,30). The van der Waals surface area contributed by atoms with Crippen molar-refractivity contribution in [1.82, 2.24) is 16.0 Å². The molecule has 0 saturated heterocycles. The molecule has 0 aromatic rings. The average Bonchev–Trinajstić information content (AvgIpc) is 2.76. The summed E-state index contributed by atoms with van der Waals surface area (Å²) in [5, 5.41) is 17.6. The Balaban J connectivity index is 3.86. The zero-order chi connectivity index (χ0) is 26.0. The first kappa shape index (κ1) is 33.0. The number of carbonyl (C=O) groups excluding carboxylic acids is 2. The van der Waals surface area contributed by atoms with E-state index in [1.165, 1.54) is 0 Å². The Morgan fingerprint density at radius 1 is 1.00 bits per heavy atom. The third kappa shape index (κ3) is 17.4. The van der Waals surface area contributed by atoms with Crippen molar-refractivity contribution in [2.75, 3.05) is 72.1 Å². The van der Waals surface area contributed by atoms with Crippen LogP contribution in [0.15, 0.2) is 0 Å².